The highest BCUT2D eigenvalue weighted by Crippen LogP contribution is 2.16. The molecule has 2 rings (SSSR count). The molecule has 22 heavy (non-hydrogen) atoms. The summed E-state index contributed by atoms with van der Waals surface area (Å²) in [6.45, 7) is 3.83. The number of amides is 1. The topological polar surface area (TPSA) is 73.7 Å². The van der Waals surface area contributed by atoms with Crippen LogP contribution in [0.3, 0.4) is 0 Å². The Balaban J connectivity index is 1.91. The molecule has 2 aromatic carbocycles. The number of para-hydroxylation sites is 2. The van der Waals surface area contributed by atoms with E-state index in [4.69, 9.17) is 0 Å². The molecule has 0 fully saturated rings. The molecule has 5 nitrogen and oxygen atoms in total. The Morgan fingerprint density at radius 3 is 2.55 bits per heavy atom. The molecule has 1 amide bonds. The van der Waals surface area contributed by atoms with Crippen LogP contribution in [0, 0.1) is 6.92 Å². The summed E-state index contributed by atoms with van der Waals surface area (Å²) >= 11 is 0. The van der Waals surface area contributed by atoms with Crippen LogP contribution in [0.1, 0.15) is 18.1 Å². The minimum atomic E-state index is -0.252. The van der Waals surface area contributed by atoms with Gasteiger partial charge in [-0.15, -0.1) is 0 Å². The number of rotatable bonds is 5. The Morgan fingerprint density at radius 2 is 1.82 bits per heavy atom. The highest BCUT2D eigenvalue weighted by atomic mass is 16.3. The van der Waals surface area contributed by atoms with E-state index in [1.807, 2.05) is 31.2 Å². The van der Waals surface area contributed by atoms with Crippen LogP contribution in [0.4, 0.5) is 5.69 Å². The smallest absolute Gasteiger partial charge is 0.259 e. The van der Waals surface area contributed by atoms with Crippen LogP contribution in [0.2, 0.25) is 0 Å². The molecule has 0 aliphatic heterocycles. The highest BCUT2D eigenvalue weighted by Gasteiger charge is 2.05. The van der Waals surface area contributed by atoms with Gasteiger partial charge >= 0.3 is 0 Å². The first-order chi connectivity index (χ1) is 10.6. The number of phenols is 1. The fourth-order valence-corrected chi connectivity index (χ4v) is 1.97. The molecule has 0 saturated carbocycles. The summed E-state index contributed by atoms with van der Waals surface area (Å²) in [5.74, 6) is -0.117. The summed E-state index contributed by atoms with van der Waals surface area (Å²) in [7, 11) is 0. The van der Waals surface area contributed by atoms with E-state index in [0.717, 1.165) is 11.3 Å². The quantitative estimate of drug-likeness (QED) is 0.587. The molecule has 0 aliphatic carbocycles. The van der Waals surface area contributed by atoms with Gasteiger partial charge < -0.3 is 10.4 Å². The van der Waals surface area contributed by atoms with Crippen molar-refractivity contribution in [3.05, 3.63) is 59.7 Å². The van der Waals surface area contributed by atoms with Crippen molar-refractivity contribution in [2.75, 3.05) is 11.9 Å². The van der Waals surface area contributed by atoms with Crippen LogP contribution >= 0.6 is 0 Å². The molecule has 0 aromatic heterocycles. The molecule has 0 saturated heterocycles. The van der Waals surface area contributed by atoms with Crippen molar-refractivity contribution in [2.45, 2.75) is 13.8 Å². The lowest BCUT2D eigenvalue weighted by molar-refractivity contribution is -0.119. The Hall–Kier alpha value is -2.82. The van der Waals surface area contributed by atoms with Crippen molar-refractivity contribution in [3.8, 4) is 5.75 Å². The van der Waals surface area contributed by atoms with Crippen LogP contribution in [0.5, 0.6) is 5.75 Å². The van der Waals surface area contributed by atoms with E-state index >= 15 is 0 Å². The van der Waals surface area contributed by atoms with Crippen LogP contribution in [0.25, 0.3) is 0 Å². The van der Waals surface area contributed by atoms with Crippen molar-refractivity contribution < 1.29 is 9.90 Å². The zero-order valence-electron chi connectivity index (χ0n) is 12.6. The molecule has 0 heterocycles. The minimum Gasteiger partial charge on any atom is -0.507 e. The standard InChI is InChI=1S/C17H19N3O2/c1-12-7-3-5-9-15(12)18-11-17(22)20-19-13(2)14-8-4-6-10-16(14)21/h3-10,18,21H,11H2,1-2H3,(H,20,22)/b19-13-. The first-order valence-electron chi connectivity index (χ1n) is 6.99. The molecule has 0 radical (unpaired) electrons. The maximum atomic E-state index is 11.8. The third-order valence-electron chi connectivity index (χ3n) is 3.23. The van der Waals surface area contributed by atoms with Crippen molar-refractivity contribution in [3.63, 3.8) is 0 Å². The van der Waals surface area contributed by atoms with Gasteiger partial charge in [0.15, 0.2) is 0 Å². The lowest BCUT2D eigenvalue weighted by atomic mass is 10.1. The fraction of sp³-hybridized carbons (Fsp3) is 0.176. The number of hydrazone groups is 1. The van der Waals surface area contributed by atoms with Gasteiger partial charge in [-0.1, -0.05) is 30.3 Å². The number of aryl methyl sites for hydroxylation is 1. The second-order valence-electron chi connectivity index (χ2n) is 4.92. The number of carbonyl (C=O) groups excluding carboxylic acids is 1. The summed E-state index contributed by atoms with van der Waals surface area (Å²) in [4.78, 5) is 11.8. The number of hydrogen-bond acceptors (Lipinski definition) is 4. The number of anilines is 1. The van der Waals surface area contributed by atoms with Gasteiger partial charge in [0.05, 0.1) is 12.3 Å². The van der Waals surface area contributed by atoms with E-state index in [1.54, 1.807) is 31.2 Å². The monoisotopic (exact) mass is 297 g/mol. The second kappa shape index (κ2) is 7.26. The Kier molecular flexibility index (Phi) is 5.14. The summed E-state index contributed by atoms with van der Waals surface area (Å²) in [6.07, 6.45) is 0. The number of nitrogens with one attached hydrogen (secondary N) is 2. The molecule has 114 valence electrons. The molecule has 5 heteroatoms. The van der Waals surface area contributed by atoms with Crippen molar-refractivity contribution >= 4 is 17.3 Å². The highest BCUT2D eigenvalue weighted by molar-refractivity contribution is 6.01. The zero-order chi connectivity index (χ0) is 15.9. The lowest BCUT2D eigenvalue weighted by Crippen LogP contribution is -2.27. The Morgan fingerprint density at radius 1 is 1.14 bits per heavy atom. The first kappa shape index (κ1) is 15.6. The third-order valence-corrected chi connectivity index (χ3v) is 3.23. The third kappa shape index (κ3) is 4.09. The van der Waals surface area contributed by atoms with Gasteiger partial charge in [-0.2, -0.15) is 5.10 Å². The molecule has 0 unspecified atom stereocenters. The molecule has 0 spiro atoms. The number of nitrogens with zero attached hydrogens (tertiary/aromatic N) is 1. The van der Waals surface area contributed by atoms with Crippen LogP contribution in [-0.4, -0.2) is 23.3 Å². The number of hydrogen-bond donors (Lipinski definition) is 3. The van der Waals surface area contributed by atoms with Gasteiger partial charge in [-0.05, 0) is 37.6 Å². The van der Waals surface area contributed by atoms with Gasteiger partial charge in [0, 0.05) is 11.3 Å². The number of aromatic hydroxyl groups is 1. The Bertz CT molecular complexity index is 696. The largest absolute Gasteiger partial charge is 0.507 e. The first-order valence-corrected chi connectivity index (χ1v) is 6.99. The molecule has 0 bridgehead atoms. The predicted molar refractivity (Wildman–Crippen MR) is 88.1 cm³/mol. The van der Waals surface area contributed by atoms with Crippen LogP contribution < -0.4 is 10.7 Å². The summed E-state index contributed by atoms with van der Waals surface area (Å²) < 4.78 is 0. The number of carbonyl (C=O) groups is 1. The summed E-state index contributed by atoms with van der Waals surface area (Å²) in [6, 6.07) is 14.6. The molecule has 3 N–H and O–H groups in total. The summed E-state index contributed by atoms with van der Waals surface area (Å²) in [5.41, 5.74) is 5.60. The maximum Gasteiger partial charge on any atom is 0.259 e. The Labute approximate surface area is 129 Å². The van der Waals surface area contributed by atoms with E-state index in [-0.39, 0.29) is 18.2 Å². The van der Waals surface area contributed by atoms with E-state index in [0.29, 0.717) is 11.3 Å². The van der Waals surface area contributed by atoms with Crippen LogP contribution in [0.15, 0.2) is 53.6 Å². The number of phenolic OH excluding ortho intramolecular Hbond substituents is 1. The van der Waals surface area contributed by atoms with Gasteiger partial charge in [0.25, 0.3) is 5.91 Å². The van der Waals surface area contributed by atoms with E-state index in [2.05, 4.69) is 15.8 Å². The lowest BCUT2D eigenvalue weighted by Gasteiger charge is -2.08. The molecular formula is C17H19N3O2. The van der Waals surface area contributed by atoms with Crippen LogP contribution in [-0.2, 0) is 4.79 Å². The number of benzene rings is 2. The van der Waals surface area contributed by atoms with Gasteiger partial charge in [0.1, 0.15) is 5.75 Å². The molecule has 2 aromatic rings. The second-order valence-corrected chi connectivity index (χ2v) is 4.92. The molecule has 0 aliphatic rings. The van der Waals surface area contributed by atoms with Gasteiger partial charge in [0.2, 0.25) is 0 Å². The van der Waals surface area contributed by atoms with Crippen molar-refractivity contribution in [1.29, 1.82) is 0 Å². The molecular weight excluding hydrogens is 278 g/mol. The zero-order valence-corrected chi connectivity index (χ0v) is 12.6. The molecule has 0 atom stereocenters. The predicted octanol–water partition coefficient (Wildman–Crippen LogP) is 2.65. The van der Waals surface area contributed by atoms with Gasteiger partial charge in [-0.3, -0.25) is 4.79 Å². The minimum absolute atomic E-state index is 0.127. The van der Waals surface area contributed by atoms with E-state index in [1.165, 1.54) is 0 Å². The van der Waals surface area contributed by atoms with Crippen molar-refractivity contribution in [1.82, 2.24) is 5.43 Å². The van der Waals surface area contributed by atoms with E-state index < -0.39 is 0 Å². The van der Waals surface area contributed by atoms with Gasteiger partial charge in [-0.25, -0.2) is 5.43 Å². The SMILES string of the molecule is C/C(=N/NC(=O)CNc1ccccc1C)c1ccccc1O. The fourth-order valence-electron chi connectivity index (χ4n) is 1.97. The van der Waals surface area contributed by atoms with E-state index in [9.17, 15) is 9.90 Å². The maximum absolute atomic E-state index is 11.8. The normalized spacial score (nSPS) is 11.1. The average Bonchev–Trinajstić information content (AvgIpc) is 2.52. The van der Waals surface area contributed by atoms with Crippen molar-refractivity contribution in [2.24, 2.45) is 5.10 Å². The summed E-state index contributed by atoms with van der Waals surface area (Å²) in [5, 5.41) is 16.8. The average molecular weight is 297 g/mol.